The molecule has 0 atom stereocenters. The van der Waals surface area contributed by atoms with E-state index in [1.807, 2.05) is 27.7 Å². The van der Waals surface area contributed by atoms with Gasteiger partial charge in [-0.3, -0.25) is 19.2 Å². The van der Waals surface area contributed by atoms with Crippen LogP contribution in [0.3, 0.4) is 0 Å². The summed E-state index contributed by atoms with van der Waals surface area (Å²) in [6.45, 7) is 34.8. The van der Waals surface area contributed by atoms with Crippen molar-refractivity contribution < 1.29 is 38.1 Å². The van der Waals surface area contributed by atoms with Crippen molar-refractivity contribution in [2.24, 2.45) is 11.5 Å². The number of nitrogens with zero attached hydrogens (tertiary/aromatic N) is 2. The molecule has 0 heterocycles. The van der Waals surface area contributed by atoms with Gasteiger partial charge in [0.1, 0.15) is 23.0 Å². The highest BCUT2D eigenvalue weighted by atomic mass is 16.5. The molecular weight excluding hydrogens is 905 g/mol. The van der Waals surface area contributed by atoms with E-state index in [-0.39, 0.29) is 59.9 Å². The van der Waals surface area contributed by atoms with E-state index in [9.17, 15) is 19.2 Å². The normalized spacial score (nSPS) is 13.0. The molecule has 8 bridgehead atoms. The Morgan fingerprint density at radius 1 is 0.375 bits per heavy atom. The van der Waals surface area contributed by atoms with Crippen molar-refractivity contribution in [3.8, 4) is 23.0 Å². The van der Waals surface area contributed by atoms with E-state index >= 15 is 0 Å². The molecule has 1 aliphatic rings. The van der Waals surface area contributed by atoms with Gasteiger partial charge in [0.05, 0.1) is 0 Å². The van der Waals surface area contributed by atoms with Crippen LogP contribution in [0.15, 0.2) is 48.5 Å². The molecule has 12 heteroatoms. The second-order valence-electron chi connectivity index (χ2n) is 23.4. The fourth-order valence-electron chi connectivity index (χ4n) is 9.25. The second kappa shape index (κ2) is 22.8. The van der Waals surface area contributed by atoms with E-state index in [4.69, 9.17) is 30.4 Å². The van der Waals surface area contributed by atoms with Crippen LogP contribution in [0.1, 0.15) is 178 Å². The third-order valence-corrected chi connectivity index (χ3v) is 13.6. The van der Waals surface area contributed by atoms with E-state index in [1.165, 1.54) is 0 Å². The van der Waals surface area contributed by atoms with Crippen LogP contribution < -0.4 is 30.4 Å². The molecule has 12 nitrogen and oxygen atoms in total. The first kappa shape index (κ1) is 56.9. The van der Waals surface area contributed by atoms with Gasteiger partial charge in [-0.25, -0.2) is 0 Å². The van der Waals surface area contributed by atoms with Crippen molar-refractivity contribution in [2.45, 2.75) is 158 Å². The molecule has 72 heavy (non-hydrogen) atoms. The highest BCUT2D eigenvalue weighted by molar-refractivity contribution is 5.79. The van der Waals surface area contributed by atoms with Gasteiger partial charge >= 0.3 is 0 Å². The SMILES string of the molecule is CCN(CC)C(=O)COc1c2cc(C(C)(C)C)cc1Cc1cc(C(C)(C)C)cc(c1OCC(N)=O)Cc1cc(C(C)(C)C)cc(c1OCC(=O)N(CC)CC)Cc1cc(C(C)(C)C)cc(c1OCC(N)=O)C2. The molecule has 0 fully saturated rings. The van der Waals surface area contributed by atoms with E-state index in [0.29, 0.717) is 74.9 Å². The summed E-state index contributed by atoms with van der Waals surface area (Å²) in [5.74, 6) is 0.603. The fraction of sp³-hybridized carbons (Fsp3) is 0.533. The average molecular weight is 989 g/mol. The summed E-state index contributed by atoms with van der Waals surface area (Å²) in [6.07, 6.45) is 1.18. The number of amides is 4. The van der Waals surface area contributed by atoms with Crippen molar-refractivity contribution in [2.75, 3.05) is 52.6 Å². The third-order valence-electron chi connectivity index (χ3n) is 13.6. The zero-order valence-corrected chi connectivity index (χ0v) is 46.4. The van der Waals surface area contributed by atoms with Gasteiger partial charge < -0.3 is 40.2 Å². The molecule has 0 saturated heterocycles. The van der Waals surface area contributed by atoms with Crippen LogP contribution in [-0.4, -0.2) is 86.0 Å². The maximum Gasteiger partial charge on any atom is 0.260 e. The van der Waals surface area contributed by atoms with Crippen LogP contribution in [0, 0.1) is 0 Å². The number of hydrogen-bond acceptors (Lipinski definition) is 8. The maximum atomic E-state index is 13.8. The molecule has 0 saturated carbocycles. The number of carbonyl (C=O) groups excluding carboxylic acids is 4. The molecule has 4 N–H and O–H groups in total. The Morgan fingerprint density at radius 2 is 0.556 bits per heavy atom. The number of primary amides is 2. The Morgan fingerprint density at radius 3 is 0.708 bits per heavy atom. The van der Waals surface area contributed by atoms with Crippen LogP contribution in [-0.2, 0) is 66.5 Å². The lowest BCUT2D eigenvalue weighted by atomic mass is 9.79. The molecule has 5 rings (SSSR count). The highest BCUT2D eigenvalue weighted by Crippen LogP contribution is 2.44. The van der Waals surface area contributed by atoms with Crippen molar-refractivity contribution in [1.29, 1.82) is 0 Å². The van der Waals surface area contributed by atoms with Gasteiger partial charge in [0.15, 0.2) is 26.4 Å². The van der Waals surface area contributed by atoms with Crippen molar-refractivity contribution >= 4 is 23.6 Å². The van der Waals surface area contributed by atoms with E-state index in [1.54, 1.807) is 9.80 Å². The summed E-state index contributed by atoms with van der Waals surface area (Å²) in [5, 5.41) is 0. The minimum atomic E-state index is -0.619. The molecule has 0 aliphatic heterocycles. The smallest absolute Gasteiger partial charge is 0.260 e. The number of hydrogen-bond donors (Lipinski definition) is 2. The number of ether oxygens (including phenoxy) is 4. The lowest BCUT2D eigenvalue weighted by Crippen LogP contribution is -2.34. The lowest BCUT2D eigenvalue weighted by Gasteiger charge is -2.29. The number of likely N-dealkylation sites (N-methyl/N-ethyl adjacent to an activating group) is 2. The Kier molecular flexibility index (Phi) is 18.0. The largest absolute Gasteiger partial charge is 0.483 e. The summed E-state index contributed by atoms with van der Waals surface area (Å²) >= 11 is 0. The van der Waals surface area contributed by atoms with Crippen LogP contribution in [0.5, 0.6) is 23.0 Å². The van der Waals surface area contributed by atoms with Gasteiger partial charge in [-0.05, 0) is 116 Å². The molecule has 0 aromatic heterocycles. The van der Waals surface area contributed by atoms with Gasteiger partial charge in [-0.2, -0.15) is 0 Å². The summed E-state index contributed by atoms with van der Waals surface area (Å²) < 4.78 is 26.9. The summed E-state index contributed by atoms with van der Waals surface area (Å²) in [7, 11) is 0. The molecule has 392 valence electrons. The molecule has 0 spiro atoms. The summed E-state index contributed by atoms with van der Waals surface area (Å²) in [6, 6.07) is 17.2. The number of carbonyl (C=O) groups is 4. The van der Waals surface area contributed by atoms with Gasteiger partial charge in [0.25, 0.3) is 23.6 Å². The third kappa shape index (κ3) is 14.1. The highest BCUT2D eigenvalue weighted by Gasteiger charge is 2.30. The van der Waals surface area contributed by atoms with Crippen LogP contribution in [0.2, 0.25) is 0 Å². The number of benzene rings is 4. The van der Waals surface area contributed by atoms with Crippen molar-refractivity contribution in [3.05, 3.63) is 115 Å². The monoisotopic (exact) mass is 989 g/mol. The zero-order chi connectivity index (χ0) is 53.7. The summed E-state index contributed by atoms with van der Waals surface area (Å²) in [5.41, 5.74) is 21.1. The summed E-state index contributed by atoms with van der Waals surface area (Å²) in [4.78, 5) is 56.6. The van der Waals surface area contributed by atoms with Crippen LogP contribution in [0.25, 0.3) is 0 Å². The fourth-order valence-corrected chi connectivity index (χ4v) is 9.25. The van der Waals surface area contributed by atoms with E-state index in [2.05, 4.69) is 132 Å². The Labute approximate surface area is 430 Å². The Bertz CT molecular complexity index is 2350. The molecule has 4 aromatic carbocycles. The Hall–Kier alpha value is -6.04. The van der Waals surface area contributed by atoms with Crippen LogP contribution >= 0.6 is 0 Å². The second-order valence-corrected chi connectivity index (χ2v) is 23.4. The molecule has 1 aliphatic carbocycles. The van der Waals surface area contributed by atoms with Gasteiger partial charge in [0.2, 0.25) is 0 Å². The number of nitrogens with two attached hydrogens (primary N) is 2. The predicted molar refractivity (Wildman–Crippen MR) is 288 cm³/mol. The topological polar surface area (TPSA) is 164 Å². The molecule has 4 amide bonds. The molecular formula is C60H84N4O8. The van der Waals surface area contributed by atoms with Gasteiger partial charge in [0, 0.05) is 51.9 Å². The van der Waals surface area contributed by atoms with Crippen LogP contribution in [0.4, 0.5) is 0 Å². The van der Waals surface area contributed by atoms with Crippen molar-refractivity contribution in [3.63, 3.8) is 0 Å². The van der Waals surface area contributed by atoms with E-state index in [0.717, 1.165) is 66.8 Å². The van der Waals surface area contributed by atoms with Gasteiger partial charge in [-0.1, -0.05) is 132 Å². The molecule has 4 aromatic rings. The quantitative estimate of drug-likeness (QED) is 0.0987. The van der Waals surface area contributed by atoms with Gasteiger partial charge in [-0.15, -0.1) is 0 Å². The first-order valence-electron chi connectivity index (χ1n) is 25.8. The Balaban J connectivity index is 2.05. The minimum Gasteiger partial charge on any atom is -0.483 e. The molecule has 0 radical (unpaired) electrons. The molecule has 0 unspecified atom stereocenters. The first-order valence-corrected chi connectivity index (χ1v) is 25.8. The number of fused-ring (bicyclic) bond motifs is 8. The van der Waals surface area contributed by atoms with E-state index < -0.39 is 11.8 Å². The maximum absolute atomic E-state index is 13.8. The van der Waals surface area contributed by atoms with Crippen molar-refractivity contribution in [1.82, 2.24) is 9.80 Å². The first-order chi connectivity index (χ1) is 33.5. The standard InChI is InChI=1S/C60H84N4O8/c1-17-63(18-2)51(67)35-71-55-41-21-37-25-45(57(5,6)7)27-39(53(37)69-33-49(61)65)23-43-31-48(60(14,15)16)32-44(56(43)72-36-52(68)64(19-3)20-4)24-40-28-46(58(8,9)10)26-38(54(40)70-34-50(62)66)22-42(55)30-47(29-41)59(11,12)13/h25-32H,17-24,33-36H2,1-16H3,(H2,61,65)(H2,62,66). The number of rotatable bonds is 16. The zero-order valence-electron chi connectivity index (χ0n) is 46.4. The average Bonchev–Trinajstić information content (AvgIpc) is 3.26. The lowest BCUT2D eigenvalue weighted by molar-refractivity contribution is -0.133. The minimum absolute atomic E-state index is 0.142. The predicted octanol–water partition coefficient (Wildman–Crippen LogP) is 9.78.